The van der Waals surface area contributed by atoms with Crippen LogP contribution in [-0.4, -0.2) is 29.2 Å². The Bertz CT molecular complexity index is 601. The number of carboxylic acids is 1. The van der Waals surface area contributed by atoms with E-state index in [9.17, 15) is 14.7 Å². The topological polar surface area (TPSA) is 75.6 Å². The third-order valence-electron chi connectivity index (χ3n) is 3.58. The fourth-order valence-corrected chi connectivity index (χ4v) is 2.90. The van der Waals surface area contributed by atoms with E-state index in [1.165, 1.54) is 0 Å². The van der Waals surface area contributed by atoms with Crippen LogP contribution in [-0.2, 0) is 14.3 Å². The van der Waals surface area contributed by atoms with Crippen molar-refractivity contribution in [2.75, 3.05) is 5.32 Å². The molecule has 2 aliphatic rings. The van der Waals surface area contributed by atoms with Crippen LogP contribution in [0.3, 0.4) is 0 Å². The molecule has 2 bridgehead atoms. The van der Waals surface area contributed by atoms with Crippen LogP contribution in [0, 0.1) is 11.8 Å². The Morgan fingerprint density at radius 1 is 1.20 bits per heavy atom. The molecule has 1 amide bonds. The van der Waals surface area contributed by atoms with Gasteiger partial charge in [0.05, 0.1) is 18.1 Å². The number of halogens is 1. The number of amides is 1. The van der Waals surface area contributed by atoms with Gasteiger partial charge in [0, 0.05) is 10.7 Å². The highest BCUT2D eigenvalue weighted by Gasteiger charge is 2.53. The fourth-order valence-electron chi connectivity index (χ4n) is 2.71. The quantitative estimate of drug-likeness (QED) is 0.835. The summed E-state index contributed by atoms with van der Waals surface area (Å²) in [5, 5.41) is 12.4. The number of ether oxygens (including phenoxy) is 1. The third kappa shape index (κ3) is 2.19. The zero-order valence-corrected chi connectivity index (χ0v) is 11.1. The normalized spacial score (nSPS) is 30.4. The highest BCUT2D eigenvalue weighted by Crippen LogP contribution is 2.39. The second kappa shape index (κ2) is 4.92. The summed E-state index contributed by atoms with van der Waals surface area (Å²) < 4.78 is 5.46. The molecule has 1 aromatic carbocycles. The molecule has 104 valence electrons. The molecule has 0 aromatic heterocycles. The molecule has 4 atom stereocenters. The molecule has 0 radical (unpaired) electrons. The zero-order valence-electron chi connectivity index (χ0n) is 10.3. The molecule has 5 nitrogen and oxygen atoms in total. The van der Waals surface area contributed by atoms with Gasteiger partial charge in [-0.1, -0.05) is 29.8 Å². The minimum Gasteiger partial charge on any atom is -0.481 e. The molecular weight excluding hydrogens is 282 g/mol. The van der Waals surface area contributed by atoms with E-state index >= 15 is 0 Å². The average molecular weight is 294 g/mol. The number of carbonyl (C=O) groups excluding carboxylic acids is 1. The molecule has 2 N–H and O–H groups in total. The molecule has 6 heteroatoms. The predicted molar refractivity (Wildman–Crippen MR) is 72.5 cm³/mol. The monoisotopic (exact) mass is 293 g/mol. The van der Waals surface area contributed by atoms with Gasteiger partial charge in [0.15, 0.2) is 0 Å². The highest BCUT2D eigenvalue weighted by atomic mass is 35.5. The largest absolute Gasteiger partial charge is 0.481 e. The summed E-state index contributed by atoms with van der Waals surface area (Å²) in [7, 11) is 0. The summed E-state index contributed by atoms with van der Waals surface area (Å²) in [6, 6.07) is 6.72. The van der Waals surface area contributed by atoms with Gasteiger partial charge in [-0.15, -0.1) is 0 Å². The maximum Gasteiger partial charge on any atom is 0.310 e. The Labute approximate surface area is 120 Å². The van der Waals surface area contributed by atoms with Crippen molar-refractivity contribution in [2.45, 2.75) is 12.2 Å². The lowest BCUT2D eigenvalue weighted by atomic mass is 9.82. The summed E-state index contributed by atoms with van der Waals surface area (Å²) in [5.41, 5.74) is 0.540. The second-order valence-corrected chi connectivity index (χ2v) is 5.28. The van der Waals surface area contributed by atoms with Gasteiger partial charge in [0.1, 0.15) is 5.92 Å². The smallest absolute Gasteiger partial charge is 0.310 e. The zero-order chi connectivity index (χ0) is 14.3. The molecule has 2 aliphatic heterocycles. The fraction of sp³-hybridized carbons (Fsp3) is 0.286. The number of benzene rings is 1. The molecule has 0 saturated carbocycles. The lowest BCUT2D eigenvalue weighted by Crippen LogP contribution is -2.39. The van der Waals surface area contributed by atoms with Gasteiger partial charge in [0.2, 0.25) is 5.91 Å². The predicted octanol–water partition coefficient (Wildman–Crippen LogP) is 1.93. The molecule has 1 aromatic rings. The van der Waals surface area contributed by atoms with Crippen molar-refractivity contribution in [3.63, 3.8) is 0 Å². The van der Waals surface area contributed by atoms with E-state index in [1.54, 1.807) is 36.4 Å². The maximum absolute atomic E-state index is 12.3. The maximum atomic E-state index is 12.3. The summed E-state index contributed by atoms with van der Waals surface area (Å²) in [4.78, 5) is 23.6. The summed E-state index contributed by atoms with van der Waals surface area (Å²) in [5.74, 6) is -2.95. The number of nitrogens with one attached hydrogen (secondary N) is 1. The van der Waals surface area contributed by atoms with Crippen LogP contribution in [0.25, 0.3) is 0 Å². The first-order valence-corrected chi connectivity index (χ1v) is 6.57. The Hall–Kier alpha value is -1.85. The van der Waals surface area contributed by atoms with Crippen molar-refractivity contribution in [2.24, 2.45) is 11.8 Å². The highest BCUT2D eigenvalue weighted by molar-refractivity contribution is 6.30. The molecule has 0 spiro atoms. The Balaban J connectivity index is 1.80. The summed E-state index contributed by atoms with van der Waals surface area (Å²) in [6.07, 6.45) is 2.45. The van der Waals surface area contributed by atoms with Crippen LogP contribution in [0.15, 0.2) is 36.4 Å². The minimum atomic E-state index is -1.02. The van der Waals surface area contributed by atoms with Crippen LogP contribution in [0.2, 0.25) is 5.02 Å². The molecule has 1 fully saturated rings. The lowest BCUT2D eigenvalue weighted by Gasteiger charge is -2.21. The van der Waals surface area contributed by atoms with Gasteiger partial charge in [-0.05, 0) is 18.2 Å². The third-order valence-corrected chi connectivity index (χ3v) is 3.81. The van der Waals surface area contributed by atoms with Crippen molar-refractivity contribution in [3.8, 4) is 0 Å². The molecule has 20 heavy (non-hydrogen) atoms. The number of hydrogen-bond acceptors (Lipinski definition) is 3. The van der Waals surface area contributed by atoms with E-state index in [1.807, 2.05) is 0 Å². The number of carboxylic acid groups (broad SMARTS) is 1. The number of anilines is 1. The summed E-state index contributed by atoms with van der Waals surface area (Å²) in [6.45, 7) is 0. The molecule has 0 unspecified atom stereocenters. The Morgan fingerprint density at radius 2 is 1.90 bits per heavy atom. The number of carbonyl (C=O) groups is 2. The van der Waals surface area contributed by atoms with Crippen molar-refractivity contribution in [1.29, 1.82) is 0 Å². The molecular formula is C14H12ClNO4. The first-order chi connectivity index (χ1) is 9.56. The minimum absolute atomic E-state index is 0.364. The van der Waals surface area contributed by atoms with Crippen LogP contribution in [0.1, 0.15) is 0 Å². The van der Waals surface area contributed by atoms with E-state index < -0.39 is 30.0 Å². The molecule has 2 heterocycles. The van der Waals surface area contributed by atoms with Gasteiger partial charge in [-0.2, -0.15) is 0 Å². The SMILES string of the molecule is O=C(O)[C@H]1[C@H](C(=O)Nc2cccc(Cl)c2)[C@H]2C=C[C@H]1O2. The van der Waals surface area contributed by atoms with Crippen LogP contribution in [0.4, 0.5) is 5.69 Å². The first kappa shape index (κ1) is 13.1. The van der Waals surface area contributed by atoms with Gasteiger partial charge in [-0.25, -0.2) is 0 Å². The number of fused-ring (bicyclic) bond motifs is 2. The number of hydrogen-bond donors (Lipinski definition) is 2. The van der Waals surface area contributed by atoms with Crippen molar-refractivity contribution in [3.05, 3.63) is 41.4 Å². The Kier molecular flexibility index (Phi) is 3.23. The van der Waals surface area contributed by atoms with E-state index in [0.29, 0.717) is 10.7 Å². The van der Waals surface area contributed by atoms with E-state index in [0.717, 1.165) is 0 Å². The second-order valence-electron chi connectivity index (χ2n) is 4.84. The number of aliphatic carboxylic acids is 1. The van der Waals surface area contributed by atoms with E-state index in [-0.39, 0.29) is 5.91 Å². The summed E-state index contributed by atoms with van der Waals surface area (Å²) >= 11 is 5.85. The van der Waals surface area contributed by atoms with Crippen molar-refractivity contribution < 1.29 is 19.4 Å². The lowest BCUT2D eigenvalue weighted by molar-refractivity contribution is -0.145. The van der Waals surface area contributed by atoms with Gasteiger partial charge in [-0.3, -0.25) is 9.59 Å². The Morgan fingerprint density at radius 3 is 2.55 bits per heavy atom. The average Bonchev–Trinajstić information content (AvgIpc) is 2.98. The van der Waals surface area contributed by atoms with E-state index in [2.05, 4.69) is 5.32 Å². The van der Waals surface area contributed by atoms with E-state index in [4.69, 9.17) is 16.3 Å². The number of rotatable bonds is 3. The van der Waals surface area contributed by atoms with Crippen molar-refractivity contribution >= 4 is 29.2 Å². The molecule has 3 rings (SSSR count). The van der Waals surface area contributed by atoms with Crippen LogP contribution >= 0.6 is 11.6 Å². The van der Waals surface area contributed by atoms with Gasteiger partial charge in [0.25, 0.3) is 0 Å². The molecule has 0 aliphatic carbocycles. The van der Waals surface area contributed by atoms with Crippen LogP contribution in [0.5, 0.6) is 0 Å². The molecule has 1 saturated heterocycles. The van der Waals surface area contributed by atoms with Gasteiger partial charge < -0.3 is 15.2 Å². The van der Waals surface area contributed by atoms with Gasteiger partial charge >= 0.3 is 5.97 Å². The first-order valence-electron chi connectivity index (χ1n) is 6.19. The van der Waals surface area contributed by atoms with Crippen molar-refractivity contribution in [1.82, 2.24) is 0 Å². The standard InChI is InChI=1S/C14H12ClNO4/c15-7-2-1-3-8(6-7)16-13(17)11-9-4-5-10(20-9)12(11)14(18)19/h1-6,9-12H,(H,16,17)(H,18,19)/t9-,10-,11-,12-/m1/s1. The van der Waals surface area contributed by atoms with Crippen LogP contribution < -0.4 is 5.32 Å².